The van der Waals surface area contributed by atoms with Crippen molar-refractivity contribution < 1.29 is 22.8 Å². The van der Waals surface area contributed by atoms with Crippen LogP contribution < -0.4 is 5.43 Å². The molecule has 0 bridgehead atoms. The number of halogens is 7. The fourth-order valence-electron chi connectivity index (χ4n) is 1.76. The zero-order chi connectivity index (χ0) is 18.9. The quantitative estimate of drug-likeness (QED) is 0.526. The fourth-order valence-corrected chi connectivity index (χ4v) is 3.71. The monoisotopic (exact) mass is 453 g/mol. The molecule has 1 heterocycles. The van der Waals surface area contributed by atoms with Crippen LogP contribution in [0.25, 0.3) is 0 Å². The van der Waals surface area contributed by atoms with E-state index in [4.69, 9.17) is 46.8 Å². The highest BCUT2D eigenvalue weighted by molar-refractivity contribution is 8.04. The molecule has 1 N–H and O–H groups in total. The van der Waals surface area contributed by atoms with Crippen molar-refractivity contribution in [1.29, 1.82) is 0 Å². The van der Waals surface area contributed by atoms with Crippen molar-refractivity contribution in [2.24, 2.45) is 0 Å². The summed E-state index contributed by atoms with van der Waals surface area (Å²) in [6.07, 6.45) is -4.85. The molecule has 136 valence electrons. The lowest BCUT2D eigenvalue weighted by molar-refractivity contribution is -0.121. The number of nitrogens with one attached hydrogen (secondary N) is 1. The Bertz CT molecular complexity index is 760. The van der Waals surface area contributed by atoms with Crippen LogP contribution >= 0.6 is 58.5 Å². The third-order valence-electron chi connectivity index (χ3n) is 2.79. The minimum absolute atomic E-state index is 0.0465. The zero-order valence-electron chi connectivity index (χ0n) is 11.7. The molecule has 1 aliphatic heterocycles. The number of hydrogen-bond acceptors (Lipinski definition) is 4. The Hall–Kier alpha value is -1.000. The van der Waals surface area contributed by atoms with Crippen molar-refractivity contribution in [2.75, 3.05) is 5.88 Å². The van der Waals surface area contributed by atoms with Gasteiger partial charge in [0.2, 0.25) is 0 Å². The summed E-state index contributed by atoms with van der Waals surface area (Å²) in [6, 6.07) is 3.88. The average Bonchev–Trinajstić information content (AvgIpc) is 2.88. The Labute approximate surface area is 163 Å². The Balaban J connectivity index is 2.19. The Morgan fingerprint density at radius 1 is 1.28 bits per heavy atom. The predicted octanol–water partition coefficient (Wildman–Crippen LogP) is 4.55. The molecule has 0 fully saturated rings. The van der Waals surface area contributed by atoms with Crippen molar-refractivity contribution in [3.63, 3.8) is 0 Å². The number of amides is 2. The van der Waals surface area contributed by atoms with Crippen molar-refractivity contribution in [1.82, 2.24) is 14.4 Å². The number of allylic oxidation sites excluding steroid dienone is 1. The maximum Gasteiger partial charge on any atom is 0.433 e. The summed E-state index contributed by atoms with van der Waals surface area (Å²) in [6.45, 7) is 0. The highest BCUT2D eigenvalue weighted by Crippen LogP contribution is 2.42. The van der Waals surface area contributed by atoms with Gasteiger partial charge in [0.25, 0.3) is 11.8 Å². The number of hydrogen-bond donors (Lipinski definition) is 1. The summed E-state index contributed by atoms with van der Waals surface area (Å²) in [5.74, 6) is -2.50. The van der Waals surface area contributed by atoms with Gasteiger partial charge in [-0.15, -0.1) is 0 Å². The number of benzene rings is 1. The van der Waals surface area contributed by atoms with Gasteiger partial charge >= 0.3 is 6.18 Å². The number of carbonyl (C=O) groups is 2. The van der Waals surface area contributed by atoms with E-state index in [0.717, 1.165) is 0 Å². The molecule has 0 radical (unpaired) electrons. The van der Waals surface area contributed by atoms with E-state index in [1.165, 1.54) is 18.2 Å². The molecule has 2 amide bonds. The van der Waals surface area contributed by atoms with Crippen LogP contribution in [0.3, 0.4) is 0 Å². The van der Waals surface area contributed by atoms with Gasteiger partial charge in [-0.25, -0.2) is 5.43 Å². The van der Waals surface area contributed by atoms with Crippen LogP contribution in [-0.4, -0.2) is 32.8 Å². The summed E-state index contributed by atoms with van der Waals surface area (Å²) < 4.78 is 39.4. The summed E-state index contributed by atoms with van der Waals surface area (Å²) in [5, 5.41) is 0.214. The number of carbonyl (C=O) groups excluding carboxylic acids is 2. The first kappa shape index (κ1) is 20.3. The second kappa shape index (κ2) is 7.71. The molecule has 1 aliphatic rings. The van der Waals surface area contributed by atoms with E-state index < -0.39 is 28.6 Å². The zero-order valence-corrected chi connectivity index (χ0v) is 15.5. The third kappa shape index (κ3) is 4.59. The minimum atomic E-state index is -4.85. The third-order valence-corrected chi connectivity index (χ3v) is 5.07. The Morgan fingerprint density at radius 3 is 2.48 bits per heavy atom. The first-order chi connectivity index (χ1) is 11.5. The Morgan fingerprint density at radius 2 is 1.92 bits per heavy atom. The van der Waals surface area contributed by atoms with E-state index in [2.05, 4.69) is 0 Å². The van der Waals surface area contributed by atoms with E-state index in [-0.39, 0.29) is 26.0 Å². The minimum Gasteiger partial charge on any atom is -0.269 e. The molecule has 0 unspecified atom stereocenters. The van der Waals surface area contributed by atoms with Crippen LogP contribution in [0.15, 0.2) is 28.8 Å². The highest BCUT2D eigenvalue weighted by Gasteiger charge is 2.45. The average molecular weight is 455 g/mol. The van der Waals surface area contributed by atoms with Crippen LogP contribution in [0, 0.1) is 0 Å². The second-order valence-electron chi connectivity index (χ2n) is 4.46. The second-order valence-corrected chi connectivity index (χ2v) is 7.01. The molecule has 1 aromatic rings. The molecule has 0 saturated carbocycles. The number of alkyl halides is 3. The standard InChI is InChI=1S/C12H6Cl4F3N3O2S/c13-5-1-2-6(7(14)3-5)11(24)22(16)20-10(23)8-9(12(17,18)19)21(15)4-25-8/h1-3H,4H2,(H,20,23). The van der Waals surface area contributed by atoms with Gasteiger partial charge in [0, 0.05) is 28.6 Å². The molecular formula is C12H6Cl4F3N3O2S. The van der Waals surface area contributed by atoms with E-state index in [1.54, 1.807) is 0 Å². The smallest absolute Gasteiger partial charge is 0.269 e. The van der Waals surface area contributed by atoms with Crippen LogP contribution in [0.4, 0.5) is 13.2 Å². The first-order valence-corrected chi connectivity index (χ1v) is 8.58. The van der Waals surface area contributed by atoms with E-state index in [0.29, 0.717) is 16.2 Å². The maximum atomic E-state index is 13.0. The van der Waals surface area contributed by atoms with E-state index >= 15 is 0 Å². The van der Waals surface area contributed by atoms with Crippen molar-refractivity contribution >= 4 is 70.3 Å². The summed E-state index contributed by atoms with van der Waals surface area (Å²) in [5.41, 5.74) is 0.398. The van der Waals surface area contributed by atoms with Gasteiger partial charge in [0.15, 0.2) is 5.70 Å². The lowest BCUT2D eigenvalue weighted by Crippen LogP contribution is -2.40. The van der Waals surface area contributed by atoms with Gasteiger partial charge in [-0.3, -0.25) is 14.0 Å². The largest absolute Gasteiger partial charge is 0.433 e. The predicted molar refractivity (Wildman–Crippen MR) is 89.9 cm³/mol. The molecule has 0 atom stereocenters. The van der Waals surface area contributed by atoms with Crippen LogP contribution in [0.5, 0.6) is 0 Å². The topological polar surface area (TPSA) is 52.7 Å². The van der Waals surface area contributed by atoms with E-state index in [1.807, 2.05) is 5.43 Å². The number of rotatable bonds is 2. The number of nitrogens with zero attached hydrogens (tertiary/aromatic N) is 2. The van der Waals surface area contributed by atoms with Gasteiger partial charge in [-0.05, 0) is 18.2 Å². The van der Waals surface area contributed by atoms with Crippen LogP contribution in [0.2, 0.25) is 10.0 Å². The van der Waals surface area contributed by atoms with E-state index in [9.17, 15) is 22.8 Å². The van der Waals surface area contributed by atoms with Crippen molar-refractivity contribution in [2.45, 2.75) is 6.18 Å². The van der Waals surface area contributed by atoms with Gasteiger partial charge < -0.3 is 0 Å². The fraction of sp³-hybridized carbons (Fsp3) is 0.167. The molecule has 0 saturated heterocycles. The van der Waals surface area contributed by atoms with Gasteiger partial charge in [0.05, 0.1) is 16.5 Å². The SMILES string of the molecule is O=C(NN(Cl)C(=O)c1ccc(Cl)cc1Cl)C1=C(C(F)(F)F)N(Cl)CS1. The summed E-state index contributed by atoms with van der Waals surface area (Å²) in [7, 11) is 0. The highest BCUT2D eigenvalue weighted by atomic mass is 35.5. The molecule has 0 aliphatic carbocycles. The maximum absolute atomic E-state index is 13.0. The number of thioether (sulfide) groups is 1. The lowest BCUT2D eigenvalue weighted by Gasteiger charge is -2.18. The van der Waals surface area contributed by atoms with Gasteiger partial charge in [-0.2, -0.15) is 17.7 Å². The molecule has 5 nitrogen and oxygen atoms in total. The van der Waals surface area contributed by atoms with Crippen LogP contribution in [0.1, 0.15) is 10.4 Å². The summed E-state index contributed by atoms with van der Waals surface area (Å²) >= 11 is 23.2. The molecule has 13 heteroatoms. The van der Waals surface area contributed by atoms with Gasteiger partial charge in [-0.1, -0.05) is 35.0 Å². The normalized spacial score (nSPS) is 14.8. The molecule has 1 aromatic carbocycles. The molecule has 0 aromatic heterocycles. The van der Waals surface area contributed by atoms with Crippen molar-refractivity contribution in [3.8, 4) is 0 Å². The summed E-state index contributed by atoms with van der Waals surface area (Å²) in [4.78, 5) is 23.4. The Kier molecular flexibility index (Phi) is 6.26. The number of hydrazine groups is 1. The van der Waals surface area contributed by atoms with Gasteiger partial charge in [0.1, 0.15) is 4.91 Å². The van der Waals surface area contributed by atoms with Crippen molar-refractivity contribution in [3.05, 3.63) is 44.4 Å². The molecular weight excluding hydrogens is 449 g/mol. The lowest BCUT2D eigenvalue weighted by atomic mass is 10.2. The molecule has 25 heavy (non-hydrogen) atoms. The van der Waals surface area contributed by atoms with Crippen LogP contribution in [-0.2, 0) is 4.79 Å². The first-order valence-electron chi connectivity index (χ1n) is 6.16. The molecule has 0 spiro atoms. The molecule has 2 rings (SSSR count).